The third kappa shape index (κ3) is 3.49. The number of unbranched alkanes of at least 4 members (excludes halogenated alkanes) is 1. The summed E-state index contributed by atoms with van der Waals surface area (Å²) in [6, 6.07) is 5.95. The maximum absolute atomic E-state index is 6.15. The molecule has 0 radical (unpaired) electrons. The topological polar surface area (TPSA) is 50.9 Å². The van der Waals surface area contributed by atoms with Gasteiger partial charge in [-0.2, -0.15) is 0 Å². The monoisotopic (exact) mass is 381 g/mol. The number of fused-ring (bicyclic) bond motifs is 1. The summed E-state index contributed by atoms with van der Waals surface area (Å²) >= 11 is 9.66. The Balaban J connectivity index is 1.68. The van der Waals surface area contributed by atoms with Gasteiger partial charge in [-0.25, -0.2) is 4.98 Å². The minimum atomic E-state index is 0.367. The standard InChI is InChI=1S/C17H21BrClN3/c18-12-7-8-14-13(10-12)16(15(20)17(19)22-14)21-9-2-1-4-11-5-3-6-11/h7-8,10-11H,1-6,9,20H2,(H,21,22). The van der Waals surface area contributed by atoms with Crippen molar-refractivity contribution < 1.29 is 0 Å². The first-order valence-electron chi connectivity index (χ1n) is 7.93. The number of benzene rings is 1. The van der Waals surface area contributed by atoms with Crippen LogP contribution in [0.25, 0.3) is 10.9 Å². The van der Waals surface area contributed by atoms with E-state index in [9.17, 15) is 0 Å². The Morgan fingerprint density at radius 2 is 2.14 bits per heavy atom. The number of anilines is 2. The fraction of sp³-hybridized carbons (Fsp3) is 0.471. The summed E-state index contributed by atoms with van der Waals surface area (Å²) in [5.41, 5.74) is 8.42. The van der Waals surface area contributed by atoms with Crippen LogP contribution in [-0.4, -0.2) is 11.5 Å². The molecule has 0 saturated heterocycles. The fourth-order valence-electron chi connectivity index (χ4n) is 2.96. The van der Waals surface area contributed by atoms with Gasteiger partial charge in [-0.1, -0.05) is 59.6 Å². The third-order valence-corrected chi connectivity index (χ3v) is 5.29. The summed E-state index contributed by atoms with van der Waals surface area (Å²) < 4.78 is 1.01. The van der Waals surface area contributed by atoms with Crippen molar-refractivity contribution >= 4 is 49.8 Å². The molecular formula is C17H21BrClN3. The van der Waals surface area contributed by atoms with E-state index in [1.54, 1.807) is 0 Å². The van der Waals surface area contributed by atoms with Crippen LogP contribution < -0.4 is 11.1 Å². The average molecular weight is 383 g/mol. The van der Waals surface area contributed by atoms with Crippen molar-refractivity contribution in [1.29, 1.82) is 0 Å². The zero-order valence-corrected chi connectivity index (χ0v) is 14.9. The lowest BCUT2D eigenvalue weighted by molar-refractivity contribution is 0.288. The molecule has 1 aromatic carbocycles. The number of nitrogen functional groups attached to an aromatic ring is 1. The predicted octanol–water partition coefficient (Wildman–Crippen LogP) is 5.62. The van der Waals surface area contributed by atoms with Crippen LogP contribution in [0.3, 0.4) is 0 Å². The Morgan fingerprint density at radius 1 is 1.32 bits per heavy atom. The molecule has 1 aromatic heterocycles. The molecule has 0 bridgehead atoms. The van der Waals surface area contributed by atoms with Gasteiger partial charge in [0.15, 0.2) is 5.15 Å². The van der Waals surface area contributed by atoms with Gasteiger partial charge in [-0.3, -0.25) is 0 Å². The van der Waals surface area contributed by atoms with Crippen LogP contribution in [0.1, 0.15) is 38.5 Å². The highest BCUT2D eigenvalue weighted by molar-refractivity contribution is 9.10. The summed E-state index contributed by atoms with van der Waals surface area (Å²) in [7, 11) is 0. The zero-order valence-electron chi connectivity index (χ0n) is 12.5. The third-order valence-electron chi connectivity index (χ3n) is 4.50. The predicted molar refractivity (Wildman–Crippen MR) is 98.5 cm³/mol. The molecule has 5 heteroatoms. The highest BCUT2D eigenvalue weighted by atomic mass is 79.9. The number of hydrogen-bond donors (Lipinski definition) is 2. The molecule has 3 nitrogen and oxygen atoms in total. The van der Waals surface area contributed by atoms with Crippen LogP contribution in [-0.2, 0) is 0 Å². The molecule has 3 N–H and O–H groups in total. The normalized spacial score (nSPS) is 15.0. The van der Waals surface area contributed by atoms with E-state index >= 15 is 0 Å². The van der Waals surface area contributed by atoms with E-state index in [1.165, 1.54) is 32.1 Å². The molecule has 0 aliphatic heterocycles. The largest absolute Gasteiger partial charge is 0.395 e. The van der Waals surface area contributed by atoms with Gasteiger partial charge in [0.25, 0.3) is 0 Å². The van der Waals surface area contributed by atoms with Gasteiger partial charge < -0.3 is 11.1 Å². The van der Waals surface area contributed by atoms with Gasteiger partial charge in [0.2, 0.25) is 0 Å². The molecular weight excluding hydrogens is 362 g/mol. The van der Waals surface area contributed by atoms with Crippen molar-refractivity contribution in [3.05, 3.63) is 27.8 Å². The Hall–Kier alpha value is -1.00. The summed E-state index contributed by atoms with van der Waals surface area (Å²) in [6.07, 6.45) is 8.08. The van der Waals surface area contributed by atoms with Crippen molar-refractivity contribution in [3.8, 4) is 0 Å². The Kier molecular flexibility index (Phi) is 5.09. The molecule has 1 aliphatic rings. The van der Waals surface area contributed by atoms with Gasteiger partial charge >= 0.3 is 0 Å². The number of aromatic nitrogens is 1. The van der Waals surface area contributed by atoms with Crippen molar-refractivity contribution in [2.45, 2.75) is 38.5 Å². The fourth-order valence-corrected chi connectivity index (χ4v) is 3.51. The lowest BCUT2D eigenvalue weighted by Crippen LogP contribution is -2.11. The number of nitrogens with two attached hydrogens (primary N) is 1. The summed E-state index contributed by atoms with van der Waals surface area (Å²) in [4.78, 5) is 4.34. The molecule has 1 fully saturated rings. The molecule has 0 unspecified atom stereocenters. The van der Waals surface area contributed by atoms with Crippen molar-refractivity contribution in [2.24, 2.45) is 5.92 Å². The minimum absolute atomic E-state index is 0.367. The van der Waals surface area contributed by atoms with Crippen LogP contribution in [0.4, 0.5) is 11.4 Å². The second-order valence-electron chi connectivity index (χ2n) is 6.07. The van der Waals surface area contributed by atoms with Gasteiger partial charge in [0.05, 0.1) is 16.9 Å². The maximum Gasteiger partial charge on any atom is 0.154 e. The smallest absolute Gasteiger partial charge is 0.154 e. The zero-order chi connectivity index (χ0) is 15.5. The van der Waals surface area contributed by atoms with Gasteiger partial charge in [-0.15, -0.1) is 0 Å². The van der Waals surface area contributed by atoms with Gasteiger partial charge in [0, 0.05) is 16.4 Å². The van der Waals surface area contributed by atoms with Gasteiger partial charge in [-0.05, 0) is 30.5 Å². The molecule has 0 spiro atoms. The molecule has 0 amide bonds. The highest BCUT2D eigenvalue weighted by Gasteiger charge is 2.16. The van der Waals surface area contributed by atoms with Crippen LogP contribution >= 0.6 is 27.5 Å². The van der Waals surface area contributed by atoms with E-state index in [2.05, 4.69) is 26.2 Å². The van der Waals surface area contributed by atoms with Crippen LogP contribution in [0, 0.1) is 5.92 Å². The summed E-state index contributed by atoms with van der Waals surface area (Å²) in [5.74, 6) is 0.984. The number of halogens is 2. The van der Waals surface area contributed by atoms with Crippen LogP contribution in [0.5, 0.6) is 0 Å². The average Bonchev–Trinajstić information content (AvgIpc) is 2.45. The Bertz CT molecular complexity index is 670. The van der Waals surface area contributed by atoms with Crippen LogP contribution in [0.15, 0.2) is 22.7 Å². The minimum Gasteiger partial charge on any atom is -0.395 e. The molecule has 22 heavy (non-hydrogen) atoms. The SMILES string of the molecule is Nc1c(Cl)nc2ccc(Br)cc2c1NCCCCC1CCC1. The van der Waals surface area contributed by atoms with E-state index in [-0.39, 0.29) is 0 Å². The number of nitrogens with one attached hydrogen (secondary N) is 1. The van der Waals surface area contributed by atoms with Gasteiger partial charge in [0.1, 0.15) is 0 Å². The molecule has 1 aliphatic carbocycles. The summed E-state index contributed by atoms with van der Waals surface area (Å²) in [6.45, 7) is 0.916. The van der Waals surface area contributed by atoms with Crippen molar-refractivity contribution in [2.75, 3.05) is 17.6 Å². The molecule has 3 rings (SSSR count). The number of nitrogens with zero attached hydrogens (tertiary/aromatic N) is 1. The highest BCUT2D eigenvalue weighted by Crippen LogP contribution is 2.35. The van der Waals surface area contributed by atoms with E-state index in [0.29, 0.717) is 10.8 Å². The summed E-state index contributed by atoms with van der Waals surface area (Å²) in [5, 5.41) is 4.84. The van der Waals surface area contributed by atoms with Crippen LogP contribution in [0.2, 0.25) is 5.15 Å². The maximum atomic E-state index is 6.15. The molecule has 1 saturated carbocycles. The number of hydrogen-bond acceptors (Lipinski definition) is 3. The number of rotatable bonds is 6. The first-order valence-corrected chi connectivity index (χ1v) is 9.10. The first-order chi connectivity index (χ1) is 10.6. The second-order valence-corrected chi connectivity index (χ2v) is 7.35. The quantitative estimate of drug-likeness (QED) is 0.504. The molecule has 2 aromatic rings. The number of pyridine rings is 1. The molecule has 0 atom stereocenters. The lowest BCUT2D eigenvalue weighted by Gasteiger charge is -2.25. The molecule has 118 valence electrons. The van der Waals surface area contributed by atoms with Crippen molar-refractivity contribution in [3.63, 3.8) is 0 Å². The second kappa shape index (κ2) is 7.05. The van der Waals surface area contributed by atoms with E-state index in [1.807, 2.05) is 18.2 Å². The van der Waals surface area contributed by atoms with E-state index < -0.39 is 0 Å². The lowest BCUT2D eigenvalue weighted by atomic mass is 9.82. The van der Waals surface area contributed by atoms with E-state index in [0.717, 1.165) is 39.9 Å². The first kappa shape index (κ1) is 15.9. The molecule has 1 heterocycles. The van der Waals surface area contributed by atoms with E-state index in [4.69, 9.17) is 17.3 Å². The van der Waals surface area contributed by atoms with Crippen molar-refractivity contribution in [1.82, 2.24) is 4.98 Å². The Morgan fingerprint density at radius 3 is 2.86 bits per heavy atom. The Labute approximate surface area is 144 Å².